The van der Waals surface area contributed by atoms with Crippen molar-refractivity contribution >= 4 is 17.9 Å². The van der Waals surface area contributed by atoms with Crippen LogP contribution < -0.4 is 10.6 Å². The lowest BCUT2D eigenvalue weighted by molar-refractivity contribution is -0.137. The quantitative estimate of drug-likeness (QED) is 0.600. The fourth-order valence-electron chi connectivity index (χ4n) is 2.66. The van der Waals surface area contributed by atoms with Crippen LogP contribution in [0.2, 0.25) is 0 Å². The molecule has 0 aromatic carbocycles. The topological polar surface area (TPSA) is 95.5 Å². The highest BCUT2D eigenvalue weighted by Gasteiger charge is 2.13. The van der Waals surface area contributed by atoms with Crippen LogP contribution in [0.1, 0.15) is 64.2 Å². The number of unbranched alkanes of at least 4 members (excludes halogenated alkanes) is 1. The summed E-state index contributed by atoms with van der Waals surface area (Å²) in [6.07, 6.45) is 8.51. The molecule has 3 N–H and O–H groups in total. The van der Waals surface area contributed by atoms with Gasteiger partial charge >= 0.3 is 12.0 Å². The van der Waals surface area contributed by atoms with Crippen LogP contribution in [0, 0.1) is 5.92 Å². The Morgan fingerprint density at radius 1 is 1.00 bits per heavy atom. The average Bonchev–Trinajstić information content (AvgIpc) is 2.44. The molecule has 6 heteroatoms. The molecule has 1 rings (SSSR count). The van der Waals surface area contributed by atoms with Crippen molar-refractivity contribution < 1.29 is 19.5 Å². The van der Waals surface area contributed by atoms with Crippen LogP contribution in [-0.2, 0) is 9.59 Å². The molecule has 0 aromatic heterocycles. The minimum atomic E-state index is -0.865. The van der Waals surface area contributed by atoms with Crippen LogP contribution in [0.5, 0.6) is 0 Å². The smallest absolute Gasteiger partial charge is 0.321 e. The van der Waals surface area contributed by atoms with Crippen LogP contribution in [0.3, 0.4) is 0 Å². The van der Waals surface area contributed by atoms with Gasteiger partial charge in [0.2, 0.25) is 5.91 Å². The number of rotatable bonds is 8. The van der Waals surface area contributed by atoms with E-state index in [-0.39, 0.29) is 18.7 Å². The molecule has 6 nitrogen and oxygen atoms in total. The molecule has 0 heterocycles. The minimum Gasteiger partial charge on any atom is -0.481 e. The van der Waals surface area contributed by atoms with Gasteiger partial charge in [-0.3, -0.25) is 14.9 Å². The third-order valence-corrected chi connectivity index (χ3v) is 3.86. The molecule has 0 bridgehead atoms. The molecule has 1 aliphatic carbocycles. The van der Waals surface area contributed by atoms with Crippen molar-refractivity contribution in [1.29, 1.82) is 0 Å². The van der Waals surface area contributed by atoms with E-state index >= 15 is 0 Å². The maximum atomic E-state index is 11.5. The largest absolute Gasteiger partial charge is 0.481 e. The molecule has 0 atom stereocenters. The second-order valence-electron chi connectivity index (χ2n) is 5.70. The van der Waals surface area contributed by atoms with Crippen LogP contribution >= 0.6 is 0 Å². The van der Waals surface area contributed by atoms with E-state index in [1.807, 2.05) is 0 Å². The summed E-state index contributed by atoms with van der Waals surface area (Å²) in [5, 5.41) is 13.4. The Balaban J connectivity index is 2.01. The fourth-order valence-corrected chi connectivity index (χ4v) is 2.66. The predicted molar refractivity (Wildman–Crippen MR) is 78.8 cm³/mol. The van der Waals surface area contributed by atoms with Gasteiger partial charge in [-0.15, -0.1) is 0 Å². The van der Waals surface area contributed by atoms with E-state index in [2.05, 4.69) is 10.6 Å². The molecule has 0 aliphatic heterocycles. The summed E-state index contributed by atoms with van der Waals surface area (Å²) in [7, 11) is 0. The first kappa shape index (κ1) is 17.5. The molecule has 120 valence electrons. The number of carbonyl (C=O) groups excluding carboxylic acids is 2. The normalized spacial score (nSPS) is 15.4. The van der Waals surface area contributed by atoms with E-state index in [1.54, 1.807) is 0 Å². The molecule has 1 saturated carbocycles. The van der Waals surface area contributed by atoms with Gasteiger partial charge in [-0.2, -0.15) is 0 Å². The summed E-state index contributed by atoms with van der Waals surface area (Å²) in [6.45, 7) is 0.600. The second kappa shape index (κ2) is 10.2. The Bertz CT molecular complexity index is 352. The Kier molecular flexibility index (Phi) is 8.47. The summed E-state index contributed by atoms with van der Waals surface area (Å²) in [4.78, 5) is 33.2. The first-order valence-electron chi connectivity index (χ1n) is 7.87. The molecule has 0 radical (unpaired) electrons. The molecule has 1 fully saturated rings. The lowest BCUT2D eigenvalue weighted by Gasteiger charge is -2.21. The number of urea groups is 1. The number of nitrogens with one attached hydrogen (secondary N) is 2. The van der Waals surface area contributed by atoms with E-state index in [4.69, 9.17) is 5.11 Å². The highest BCUT2D eigenvalue weighted by Crippen LogP contribution is 2.25. The number of imide groups is 1. The lowest BCUT2D eigenvalue weighted by Crippen LogP contribution is -2.40. The van der Waals surface area contributed by atoms with Crippen LogP contribution in [0.4, 0.5) is 4.79 Å². The second-order valence-corrected chi connectivity index (χ2v) is 5.70. The number of carboxylic acids is 1. The van der Waals surface area contributed by atoms with Gasteiger partial charge in [0.05, 0.1) is 0 Å². The van der Waals surface area contributed by atoms with Gasteiger partial charge < -0.3 is 10.4 Å². The maximum Gasteiger partial charge on any atom is 0.321 e. The Labute approximate surface area is 125 Å². The van der Waals surface area contributed by atoms with E-state index in [1.165, 1.54) is 32.1 Å². The Morgan fingerprint density at radius 3 is 2.33 bits per heavy atom. The average molecular weight is 298 g/mol. The SMILES string of the molecule is O=C(O)CCCCC(=O)NC(=O)NCCC1CCCCC1. The molecule has 0 aromatic rings. The summed E-state index contributed by atoms with van der Waals surface area (Å²) in [6, 6.07) is -0.450. The van der Waals surface area contributed by atoms with Gasteiger partial charge in [-0.1, -0.05) is 32.1 Å². The molecule has 21 heavy (non-hydrogen) atoms. The number of hydrogen-bond acceptors (Lipinski definition) is 3. The zero-order valence-electron chi connectivity index (χ0n) is 12.5. The maximum absolute atomic E-state index is 11.5. The summed E-state index contributed by atoms with van der Waals surface area (Å²) >= 11 is 0. The number of amides is 3. The van der Waals surface area contributed by atoms with E-state index in [0.29, 0.717) is 25.3 Å². The van der Waals surface area contributed by atoms with Gasteiger partial charge in [0, 0.05) is 19.4 Å². The molecular weight excluding hydrogens is 272 g/mol. The minimum absolute atomic E-state index is 0.0564. The van der Waals surface area contributed by atoms with Gasteiger partial charge in [0.25, 0.3) is 0 Å². The van der Waals surface area contributed by atoms with Crippen molar-refractivity contribution in [3.8, 4) is 0 Å². The van der Waals surface area contributed by atoms with Gasteiger partial charge in [0.15, 0.2) is 0 Å². The summed E-state index contributed by atoms with van der Waals surface area (Å²) in [5.41, 5.74) is 0. The van der Waals surface area contributed by atoms with Crippen molar-refractivity contribution in [2.45, 2.75) is 64.2 Å². The highest BCUT2D eigenvalue weighted by atomic mass is 16.4. The van der Waals surface area contributed by atoms with E-state index in [0.717, 1.165) is 6.42 Å². The van der Waals surface area contributed by atoms with Gasteiger partial charge in [0.1, 0.15) is 0 Å². The fraction of sp³-hybridized carbons (Fsp3) is 0.800. The molecule has 3 amide bonds. The molecule has 0 saturated heterocycles. The zero-order valence-corrected chi connectivity index (χ0v) is 12.5. The van der Waals surface area contributed by atoms with Crippen LogP contribution in [0.25, 0.3) is 0 Å². The van der Waals surface area contributed by atoms with Crippen LogP contribution in [0.15, 0.2) is 0 Å². The summed E-state index contributed by atoms with van der Waals surface area (Å²) in [5.74, 6) is -0.516. The number of hydrogen-bond donors (Lipinski definition) is 3. The van der Waals surface area contributed by atoms with Gasteiger partial charge in [-0.25, -0.2) is 4.79 Å². The zero-order chi connectivity index (χ0) is 15.5. The number of carboxylic acid groups (broad SMARTS) is 1. The Hall–Kier alpha value is -1.59. The first-order chi connectivity index (χ1) is 10.1. The molecular formula is C15H26N2O4. The molecule has 0 unspecified atom stereocenters. The third kappa shape index (κ3) is 9.05. The van der Waals surface area contributed by atoms with Crippen LogP contribution in [-0.4, -0.2) is 29.6 Å². The number of carbonyl (C=O) groups is 3. The highest BCUT2D eigenvalue weighted by molar-refractivity contribution is 5.94. The monoisotopic (exact) mass is 298 g/mol. The molecule has 0 spiro atoms. The standard InChI is InChI=1S/C15H26N2O4/c18-13(8-4-5-9-14(19)20)17-15(21)16-11-10-12-6-2-1-3-7-12/h12H,1-11H2,(H,19,20)(H2,16,17,18,21). The predicted octanol–water partition coefficient (Wildman–Crippen LogP) is 2.43. The lowest BCUT2D eigenvalue weighted by atomic mass is 9.87. The first-order valence-corrected chi connectivity index (χ1v) is 7.87. The Morgan fingerprint density at radius 2 is 1.67 bits per heavy atom. The summed E-state index contributed by atoms with van der Waals surface area (Å²) < 4.78 is 0. The van der Waals surface area contributed by atoms with Gasteiger partial charge in [-0.05, 0) is 25.2 Å². The van der Waals surface area contributed by atoms with Crippen molar-refractivity contribution in [2.75, 3.05) is 6.54 Å². The van der Waals surface area contributed by atoms with E-state index in [9.17, 15) is 14.4 Å². The van der Waals surface area contributed by atoms with Crippen molar-refractivity contribution in [2.24, 2.45) is 5.92 Å². The van der Waals surface area contributed by atoms with Crippen molar-refractivity contribution in [1.82, 2.24) is 10.6 Å². The number of aliphatic carboxylic acids is 1. The molecule has 1 aliphatic rings. The van der Waals surface area contributed by atoms with E-state index < -0.39 is 12.0 Å². The van der Waals surface area contributed by atoms with Crippen molar-refractivity contribution in [3.63, 3.8) is 0 Å². The third-order valence-electron chi connectivity index (χ3n) is 3.86. The van der Waals surface area contributed by atoms with Crippen molar-refractivity contribution in [3.05, 3.63) is 0 Å².